The molecule has 0 radical (unpaired) electrons. The fourth-order valence-electron chi connectivity index (χ4n) is 3.54. The van der Waals surface area contributed by atoms with Crippen LogP contribution in [0.1, 0.15) is 44.7 Å². The maximum absolute atomic E-state index is 13.7. The quantitative estimate of drug-likeness (QED) is 0.414. The van der Waals surface area contributed by atoms with Gasteiger partial charge in [0.1, 0.15) is 0 Å². The van der Waals surface area contributed by atoms with Gasteiger partial charge in [0.15, 0.2) is 6.29 Å². The van der Waals surface area contributed by atoms with Crippen molar-refractivity contribution in [2.45, 2.75) is 57.8 Å². The summed E-state index contributed by atoms with van der Waals surface area (Å²) in [5, 5.41) is 0. The predicted molar refractivity (Wildman–Crippen MR) is 108 cm³/mol. The zero-order valence-corrected chi connectivity index (χ0v) is 17.1. The van der Waals surface area contributed by atoms with Gasteiger partial charge in [-0.25, -0.2) is 4.89 Å². The minimum Gasteiger partial charge on any atom is -0.352 e. The third-order valence-electron chi connectivity index (χ3n) is 4.85. The number of hydrogen-bond acceptors (Lipinski definition) is 5. The minimum absolute atomic E-state index is 0.317. The molecule has 0 aliphatic carbocycles. The van der Waals surface area contributed by atoms with Crippen LogP contribution in [0.15, 0.2) is 54.6 Å². The molecule has 0 spiro atoms. The topological polar surface area (TPSA) is 57.2 Å². The monoisotopic (exact) mass is 397 g/mol. The van der Waals surface area contributed by atoms with Crippen LogP contribution in [0.5, 0.6) is 0 Å². The summed E-state index contributed by atoms with van der Waals surface area (Å²) >= 11 is 0. The summed E-state index contributed by atoms with van der Waals surface area (Å²) in [6, 6.07) is 17.4. The van der Waals surface area contributed by atoms with E-state index in [0.717, 1.165) is 17.7 Å². The molecule has 2 heterocycles. The van der Waals surface area contributed by atoms with Gasteiger partial charge in [0.05, 0.1) is 17.8 Å². The van der Waals surface area contributed by atoms with Crippen LogP contribution in [0.25, 0.3) is 0 Å². The number of amides is 1. The molecule has 0 bridgehead atoms. The predicted octanol–water partition coefficient (Wildman–Crippen LogP) is 4.29. The third-order valence-corrected chi connectivity index (χ3v) is 4.85. The van der Waals surface area contributed by atoms with E-state index < -0.39 is 17.7 Å². The number of carbonyl (C=O) groups excluding carboxylic acids is 1. The number of ether oxygens (including phenoxy) is 2. The van der Waals surface area contributed by atoms with E-state index in [2.05, 4.69) is 0 Å². The lowest BCUT2D eigenvalue weighted by atomic mass is 10.1. The molecule has 4 rings (SSSR count). The second-order valence-corrected chi connectivity index (χ2v) is 8.35. The van der Waals surface area contributed by atoms with Gasteiger partial charge in [-0.1, -0.05) is 48.5 Å². The summed E-state index contributed by atoms with van der Waals surface area (Å²) in [4.78, 5) is 26.9. The molecule has 0 saturated carbocycles. The molecular formula is C23H27NO5. The first kappa shape index (κ1) is 20.0. The van der Waals surface area contributed by atoms with Crippen molar-refractivity contribution in [3.63, 3.8) is 0 Å². The molecule has 2 unspecified atom stereocenters. The molecule has 2 aliphatic rings. The van der Waals surface area contributed by atoms with Gasteiger partial charge in [0, 0.05) is 18.6 Å². The third kappa shape index (κ3) is 4.07. The normalized spacial score (nSPS) is 24.2. The van der Waals surface area contributed by atoms with Gasteiger partial charge in [-0.2, -0.15) is 4.89 Å². The summed E-state index contributed by atoms with van der Waals surface area (Å²) in [5.74, 6) is -2.02. The van der Waals surface area contributed by atoms with Crippen LogP contribution in [-0.4, -0.2) is 24.4 Å². The van der Waals surface area contributed by atoms with Gasteiger partial charge in [0.2, 0.25) is 0 Å². The maximum atomic E-state index is 13.7. The number of benzene rings is 2. The Kier molecular flexibility index (Phi) is 5.44. The van der Waals surface area contributed by atoms with Gasteiger partial charge in [0.25, 0.3) is 5.91 Å². The van der Waals surface area contributed by atoms with E-state index in [1.165, 1.54) is 0 Å². The smallest absolute Gasteiger partial charge is 0.312 e. The van der Waals surface area contributed by atoms with Crippen LogP contribution < -0.4 is 4.90 Å². The molecule has 2 atom stereocenters. The summed E-state index contributed by atoms with van der Waals surface area (Å²) in [5.41, 5.74) is 1.77. The standard InChI is InChI=1S/C23H27NO5/c1-22(2,3)28-29-23(27-20-14-9-15-26-20)18-12-7-8-13-19(18)24(21(23)25)16-17-10-5-4-6-11-17/h4-8,10-13,20H,9,14-16H2,1-3H3. The number of hydrogen-bond donors (Lipinski definition) is 0. The van der Waals surface area contributed by atoms with Crippen molar-refractivity contribution in [2.24, 2.45) is 0 Å². The number of rotatable bonds is 6. The highest BCUT2D eigenvalue weighted by atomic mass is 17.2. The van der Waals surface area contributed by atoms with E-state index in [-0.39, 0.29) is 5.91 Å². The molecule has 29 heavy (non-hydrogen) atoms. The highest BCUT2D eigenvalue weighted by molar-refractivity contribution is 6.05. The van der Waals surface area contributed by atoms with Gasteiger partial charge in [-0.15, -0.1) is 0 Å². The average Bonchev–Trinajstić information content (AvgIpc) is 3.29. The molecule has 1 amide bonds. The molecule has 0 N–H and O–H groups in total. The molecule has 2 aromatic rings. The Balaban J connectivity index is 1.73. The van der Waals surface area contributed by atoms with Crippen molar-refractivity contribution < 1.29 is 24.0 Å². The fraction of sp³-hybridized carbons (Fsp3) is 0.435. The van der Waals surface area contributed by atoms with Crippen molar-refractivity contribution in [3.05, 3.63) is 65.7 Å². The van der Waals surface area contributed by atoms with Crippen molar-refractivity contribution >= 4 is 11.6 Å². The zero-order chi connectivity index (χ0) is 20.5. The first-order valence-electron chi connectivity index (χ1n) is 10.0. The van der Waals surface area contributed by atoms with Gasteiger partial charge < -0.3 is 14.4 Å². The average molecular weight is 397 g/mol. The minimum atomic E-state index is -1.70. The summed E-state index contributed by atoms with van der Waals surface area (Å²) in [6.07, 6.45) is 1.06. The number of fused-ring (bicyclic) bond motifs is 1. The number of nitrogens with zero attached hydrogens (tertiary/aromatic N) is 1. The Labute approximate surface area is 171 Å². The molecule has 1 fully saturated rings. The molecule has 0 aromatic heterocycles. The van der Waals surface area contributed by atoms with Crippen LogP contribution in [0.3, 0.4) is 0 Å². The van der Waals surface area contributed by atoms with Crippen LogP contribution in [0.2, 0.25) is 0 Å². The number of para-hydroxylation sites is 1. The van der Waals surface area contributed by atoms with Gasteiger partial charge in [-0.05, 0) is 38.8 Å². The molecule has 6 heteroatoms. The highest BCUT2D eigenvalue weighted by Gasteiger charge is 2.57. The van der Waals surface area contributed by atoms with Gasteiger partial charge >= 0.3 is 5.79 Å². The first-order valence-corrected chi connectivity index (χ1v) is 10.0. The molecule has 2 aromatic carbocycles. The Morgan fingerprint density at radius 1 is 1.10 bits per heavy atom. The van der Waals surface area contributed by atoms with Crippen molar-refractivity contribution in [1.82, 2.24) is 0 Å². The Bertz CT molecular complexity index is 857. The van der Waals surface area contributed by atoms with Crippen LogP contribution in [0, 0.1) is 0 Å². The lowest BCUT2D eigenvalue weighted by Gasteiger charge is -2.32. The van der Waals surface area contributed by atoms with E-state index in [9.17, 15) is 4.79 Å². The van der Waals surface area contributed by atoms with E-state index in [4.69, 9.17) is 19.2 Å². The van der Waals surface area contributed by atoms with Gasteiger partial charge in [-0.3, -0.25) is 4.79 Å². The second-order valence-electron chi connectivity index (χ2n) is 8.35. The van der Waals surface area contributed by atoms with E-state index in [1.807, 2.05) is 75.4 Å². The molecule has 6 nitrogen and oxygen atoms in total. The summed E-state index contributed by atoms with van der Waals surface area (Å²) in [7, 11) is 0. The van der Waals surface area contributed by atoms with E-state index in [0.29, 0.717) is 25.1 Å². The Morgan fingerprint density at radius 3 is 2.52 bits per heavy atom. The highest BCUT2D eigenvalue weighted by Crippen LogP contribution is 2.46. The summed E-state index contributed by atoms with van der Waals surface area (Å²) in [6.45, 7) is 6.59. The lowest BCUT2D eigenvalue weighted by molar-refractivity contribution is -0.463. The van der Waals surface area contributed by atoms with E-state index >= 15 is 0 Å². The van der Waals surface area contributed by atoms with Crippen molar-refractivity contribution in [1.29, 1.82) is 0 Å². The molecule has 1 saturated heterocycles. The van der Waals surface area contributed by atoms with Crippen LogP contribution in [0.4, 0.5) is 5.69 Å². The zero-order valence-electron chi connectivity index (χ0n) is 17.1. The van der Waals surface area contributed by atoms with Crippen molar-refractivity contribution in [3.8, 4) is 0 Å². The Morgan fingerprint density at radius 2 is 1.83 bits per heavy atom. The SMILES string of the molecule is CC(C)(C)OOC1(OC2CCCO2)C(=O)N(Cc2ccccc2)c2ccccc21. The Hall–Kier alpha value is -2.25. The number of carbonyl (C=O) groups is 1. The fourth-order valence-corrected chi connectivity index (χ4v) is 3.54. The molecular weight excluding hydrogens is 370 g/mol. The second kappa shape index (κ2) is 7.88. The lowest BCUT2D eigenvalue weighted by Crippen LogP contribution is -2.47. The van der Waals surface area contributed by atoms with Crippen LogP contribution >= 0.6 is 0 Å². The van der Waals surface area contributed by atoms with E-state index in [1.54, 1.807) is 4.90 Å². The van der Waals surface area contributed by atoms with Crippen molar-refractivity contribution in [2.75, 3.05) is 11.5 Å². The first-order chi connectivity index (χ1) is 13.9. The largest absolute Gasteiger partial charge is 0.352 e. The number of anilines is 1. The molecule has 2 aliphatic heterocycles. The molecule has 154 valence electrons. The summed E-state index contributed by atoms with van der Waals surface area (Å²) < 4.78 is 11.9. The maximum Gasteiger partial charge on any atom is 0.312 e. The van der Waals surface area contributed by atoms with Crippen LogP contribution in [-0.2, 0) is 36.4 Å².